The van der Waals surface area contributed by atoms with Gasteiger partial charge in [-0.3, -0.25) is 4.55 Å². The molecular formula is C50H82Cl6N8O20S15. The molecule has 574 valence electrons. The van der Waals surface area contributed by atoms with Gasteiger partial charge in [0.15, 0.2) is 49.2 Å². The molecule has 0 unspecified atom stereocenters. The molecule has 99 heavy (non-hydrogen) atoms. The molecule has 0 saturated heterocycles. The van der Waals surface area contributed by atoms with Crippen LogP contribution in [0.5, 0.6) is 0 Å². The van der Waals surface area contributed by atoms with Crippen molar-refractivity contribution in [2.24, 2.45) is 10.3 Å². The maximum Gasteiger partial charge on any atom is 0.304 e. The van der Waals surface area contributed by atoms with Crippen LogP contribution in [0.2, 0.25) is 0 Å². The first-order valence-electron chi connectivity index (χ1n) is 28.7. The van der Waals surface area contributed by atoms with Crippen LogP contribution in [0.25, 0.3) is 0 Å². The number of nitrogens with one attached hydrogen (secondary N) is 5. The first-order valence-corrected chi connectivity index (χ1v) is 50.2. The van der Waals surface area contributed by atoms with Crippen molar-refractivity contribution in [1.29, 1.82) is 0 Å². The van der Waals surface area contributed by atoms with E-state index in [4.69, 9.17) is 29.7 Å². The summed E-state index contributed by atoms with van der Waals surface area (Å²) in [5.41, 5.74) is 2.96. The van der Waals surface area contributed by atoms with Crippen LogP contribution in [0.15, 0.2) is 73.6 Å². The minimum Gasteiger partial charge on any atom is -0.344 e. The molecule has 0 saturated carbocycles. The van der Waals surface area contributed by atoms with Gasteiger partial charge >= 0.3 is 10.1 Å². The Morgan fingerprint density at radius 1 is 0.444 bits per heavy atom. The SMILES string of the molecule is CCN[C@H]1C[C@H](C)S(=O)(=O)c2sc(S(=O)(=O)Cl)cc21.CCN[C@H]1C[C@H](C)S(=O)(=O)c2sc(S(=O)(=O)O)cc21.CCN[C@H]1C[C@H](C)S(=O)(=O)c2sc(S(N)(=O)=O)cc21.CCN[C@H]1C[C@H](C)S(=O)(=O)c2sc(S(N)(=O)=O)cc21.CCN[C@H]1C[C@H](C)S(=O)(=O)c2sccc21.Cl.Cl.Cl.N.O=S(Cl)Cl. The molecule has 10 atom stereocenters. The minimum atomic E-state index is -4.38. The average molecular weight is 1810 g/mol. The number of nitrogens with two attached hydrogens (primary N) is 2. The summed E-state index contributed by atoms with van der Waals surface area (Å²) in [5.74, 6) is 0. The Morgan fingerprint density at radius 2 is 0.657 bits per heavy atom. The van der Waals surface area contributed by atoms with Crippen molar-refractivity contribution in [3.8, 4) is 0 Å². The second kappa shape index (κ2) is 38.1. The molecule has 49 heteroatoms. The van der Waals surface area contributed by atoms with Crippen molar-refractivity contribution in [3.63, 3.8) is 0 Å². The topological polar surface area (TPSA) is 492 Å². The zero-order valence-electron chi connectivity index (χ0n) is 54.4. The molecule has 28 nitrogen and oxygen atoms in total. The van der Waals surface area contributed by atoms with Crippen LogP contribution >= 0.6 is 126 Å². The van der Waals surface area contributed by atoms with Gasteiger partial charge < -0.3 is 32.7 Å². The third-order valence-electron chi connectivity index (χ3n) is 15.4. The lowest BCUT2D eigenvalue weighted by Gasteiger charge is -2.27. The summed E-state index contributed by atoms with van der Waals surface area (Å²) in [6, 6.07) is 6.87. The number of primary sulfonamides is 2. The van der Waals surface area contributed by atoms with E-state index in [9.17, 15) is 75.8 Å². The Labute approximate surface area is 636 Å². The van der Waals surface area contributed by atoms with Gasteiger partial charge in [0.05, 0.1) is 26.2 Å². The normalized spacial score (nSPS) is 24.7. The van der Waals surface area contributed by atoms with Gasteiger partial charge in [-0.05, 0) is 141 Å². The summed E-state index contributed by atoms with van der Waals surface area (Å²) in [5, 5.41) is 25.6. The molecule has 0 radical (unpaired) electrons. The number of sulfonamides is 2. The third kappa shape index (κ3) is 23.1. The van der Waals surface area contributed by atoms with Gasteiger partial charge in [0, 0.05) is 84.5 Å². The smallest absolute Gasteiger partial charge is 0.304 e. The summed E-state index contributed by atoms with van der Waals surface area (Å²) in [7, 11) is -20.3. The Bertz CT molecular complexity index is 4200. The highest BCUT2D eigenvalue weighted by Gasteiger charge is 2.44. The predicted molar refractivity (Wildman–Crippen MR) is 402 cm³/mol. The highest BCUT2D eigenvalue weighted by molar-refractivity contribution is 8.26. The fourth-order valence-electron chi connectivity index (χ4n) is 10.7. The Morgan fingerprint density at radius 3 is 0.889 bits per heavy atom. The second-order valence-electron chi connectivity index (χ2n) is 22.1. The average Bonchev–Trinajstić information content (AvgIpc) is 1.66. The highest BCUT2D eigenvalue weighted by Crippen LogP contribution is 2.47. The quantitative estimate of drug-likeness (QED) is 0.0370. The highest BCUT2D eigenvalue weighted by atomic mass is 36.0. The van der Waals surface area contributed by atoms with Gasteiger partial charge in [0.1, 0.15) is 37.9 Å². The van der Waals surface area contributed by atoms with E-state index in [0.717, 1.165) is 46.1 Å². The number of fused-ring (bicyclic) bond motifs is 5. The van der Waals surface area contributed by atoms with E-state index in [0.29, 0.717) is 96.1 Å². The fourth-order valence-corrected chi connectivity index (χ4v) is 31.9. The summed E-state index contributed by atoms with van der Waals surface area (Å²) in [6.45, 7) is 21.5. The summed E-state index contributed by atoms with van der Waals surface area (Å²) in [4.78, 5) is 0. The van der Waals surface area contributed by atoms with E-state index >= 15 is 0 Å². The zero-order valence-corrected chi connectivity index (χ0v) is 71.3. The fraction of sp³-hybridized carbons (Fsp3) is 0.600. The predicted octanol–water partition coefficient (Wildman–Crippen LogP) is 8.76. The first kappa shape index (κ1) is 96.6. The summed E-state index contributed by atoms with van der Waals surface area (Å²) >= 11 is 4.17. The number of hydrogen-bond acceptors (Lipinski definition) is 30. The van der Waals surface area contributed by atoms with Gasteiger partial charge in [-0.2, -0.15) is 8.42 Å². The number of sulfone groups is 5. The van der Waals surface area contributed by atoms with Gasteiger partial charge in [0.2, 0.25) is 29.3 Å². The van der Waals surface area contributed by atoms with Crippen LogP contribution in [0.3, 0.4) is 0 Å². The van der Waals surface area contributed by atoms with Crippen molar-refractivity contribution in [2.75, 3.05) is 32.7 Å². The monoisotopic (exact) mass is 1800 g/mol. The van der Waals surface area contributed by atoms with E-state index in [1.807, 2.05) is 46.1 Å². The zero-order chi connectivity index (χ0) is 72.3. The Balaban J connectivity index is 0.000000605. The molecule has 0 spiro atoms. The molecule has 0 aromatic carbocycles. The number of rotatable bonds is 14. The largest absolute Gasteiger partial charge is 0.344 e. The molecule has 0 bridgehead atoms. The van der Waals surface area contributed by atoms with E-state index in [1.165, 1.54) is 35.6 Å². The van der Waals surface area contributed by atoms with Crippen molar-refractivity contribution >= 4 is 224 Å². The van der Waals surface area contributed by atoms with Crippen LogP contribution in [0.4, 0.5) is 0 Å². The van der Waals surface area contributed by atoms with Gasteiger partial charge in [-0.15, -0.1) is 93.9 Å². The molecule has 5 aliphatic heterocycles. The minimum absolute atomic E-state index is 0. The molecule has 5 aromatic heterocycles. The third-order valence-corrected chi connectivity index (χ3v) is 40.9. The molecule has 0 fully saturated rings. The van der Waals surface area contributed by atoms with E-state index in [2.05, 4.69) is 47.9 Å². The Hall–Kier alpha value is -0.420. The van der Waals surface area contributed by atoms with Crippen LogP contribution in [-0.2, 0) is 97.6 Å². The number of hydrogen-bond donors (Lipinski definition) is 9. The molecule has 13 N–H and O–H groups in total. The number of halogens is 6. The maximum absolute atomic E-state index is 12.2. The van der Waals surface area contributed by atoms with Crippen LogP contribution in [0.1, 0.15) is 159 Å². The van der Waals surface area contributed by atoms with E-state index < -0.39 is 119 Å². The summed E-state index contributed by atoms with van der Waals surface area (Å²) in [6.07, 6.45) is 2.38. The van der Waals surface area contributed by atoms with Crippen LogP contribution in [-0.4, -0.2) is 143 Å². The van der Waals surface area contributed by atoms with Crippen LogP contribution < -0.4 is 43.0 Å². The lowest BCUT2D eigenvalue weighted by Crippen LogP contribution is -2.33. The maximum atomic E-state index is 12.2. The van der Waals surface area contributed by atoms with Crippen molar-refractivity contribution < 1.29 is 84.5 Å². The van der Waals surface area contributed by atoms with Crippen molar-refractivity contribution in [2.45, 2.75) is 196 Å². The molecule has 0 aliphatic carbocycles. The van der Waals surface area contributed by atoms with Crippen LogP contribution in [0, 0.1) is 0 Å². The molecule has 5 aliphatic rings. The summed E-state index contributed by atoms with van der Waals surface area (Å²) < 4.78 is 231. The van der Waals surface area contributed by atoms with Gasteiger partial charge in [-0.25, -0.2) is 81.8 Å². The number of thiophene rings is 5. The molecular weight excluding hydrogens is 1730 g/mol. The first-order chi connectivity index (χ1) is 43.5. The molecule has 10 heterocycles. The lowest BCUT2D eigenvalue weighted by molar-refractivity contribution is 0.475. The lowest BCUT2D eigenvalue weighted by atomic mass is 10.1. The Kier molecular flexibility index (Phi) is 37.2. The molecule has 10 rings (SSSR count). The van der Waals surface area contributed by atoms with E-state index in [1.54, 1.807) is 34.6 Å². The van der Waals surface area contributed by atoms with Gasteiger partial charge in [-0.1, -0.05) is 34.6 Å². The second-order valence-corrected chi connectivity index (χ2v) is 50.6. The molecule has 5 aromatic rings. The standard InChI is InChI=1S/C10H14ClNO4S3.2C10H16N2O4S3.C10H15NO5S3.C10H15NO2S2.Cl2OS.3ClH.H3N/c3*1-3-12-8-4-6(2)18(13,14)10-7(8)5-9(17-10)19(11,15)16;1-3-11-8-4-6(2)18(12,13)10-7(8)5-9(17-10)19(14,15)16;1-3-11-9-6-7(2)15(12,13)10-8(9)4-5-14-10;1-4(2)3;;;;/h5-6,8,12H,3-4H2,1-2H3;2*5-6,8,12H,3-4H2,1-2H3,(H2,11,15,16);5-6,8,11H,3-4H2,1-2H3,(H,14,15,16);4-5,7,9,11H,3,6H2,1-2H3;;3*1H;1H3/t4*6-,8-;7-,9-;;;;;/m00000...../s1. The van der Waals surface area contributed by atoms with Gasteiger partial charge in [0.25, 0.3) is 9.05 Å². The van der Waals surface area contributed by atoms with Crippen molar-refractivity contribution in [3.05, 3.63) is 63.5 Å². The molecule has 0 amide bonds. The van der Waals surface area contributed by atoms with Crippen molar-refractivity contribution in [1.82, 2.24) is 32.7 Å². The van der Waals surface area contributed by atoms with E-state index in [-0.39, 0.29) is 113 Å².